The number of rotatable bonds is 31. The van der Waals surface area contributed by atoms with Gasteiger partial charge < -0.3 is 47.7 Å². The number of nitrogens with one attached hydrogen (secondary N) is 1. The number of alkyl halides is 1. The zero-order valence-corrected chi connectivity index (χ0v) is 69.0. The maximum atomic E-state index is 12.5. The van der Waals surface area contributed by atoms with E-state index < -0.39 is 63.7 Å². The number of hydrogen-bond acceptors (Lipinski definition) is 23. The molecule has 25 nitrogen and oxygen atoms in total. The zero-order valence-electron chi connectivity index (χ0n) is 63.5. The van der Waals surface area contributed by atoms with E-state index in [4.69, 9.17) is 94.1 Å². The van der Waals surface area contributed by atoms with Crippen molar-refractivity contribution in [2.24, 2.45) is 5.73 Å². The van der Waals surface area contributed by atoms with Crippen molar-refractivity contribution in [3.05, 3.63) is 228 Å². The minimum atomic E-state index is -4.04. The van der Waals surface area contributed by atoms with Gasteiger partial charge in [-0.25, -0.2) is 40.0 Å². The molecule has 3 N–H and O–H groups in total. The number of halogens is 4. The van der Waals surface area contributed by atoms with E-state index in [-0.39, 0.29) is 61.5 Å². The Morgan fingerprint density at radius 1 is 0.559 bits per heavy atom. The highest BCUT2D eigenvalue weighted by molar-refractivity contribution is 7.93. The summed E-state index contributed by atoms with van der Waals surface area (Å²) in [6.07, 6.45) is 5.00. The Hall–Kier alpha value is -9.80. The highest BCUT2D eigenvalue weighted by atomic mass is 35.5. The lowest BCUT2D eigenvalue weighted by Crippen LogP contribution is -2.40. The number of carbonyl (C=O) groups excluding carboxylic acids is 1. The van der Waals surface area contributed by atoms with Gasteiger partial charge >= 0.3 is 6.09 Å². The summed E-state index contributed by atoms with van der Waals surface area (Å²) in [5.74, 6) is 3.01. The van der Waals surface area contributed by atoms with Crippen LogP contribution in [0.2, 0.25) is 15.1 Å². The Balaban J connectivity index is 0.000000232. The molecule has 111 heavy (non-hydrogen) atoms. The predicted molar refractivity (Wildman–Crippen MR) is 426 cm³/mol. The van der Waals surface area contributed by atoms with Crippen molar-refractivity contribution in [2.45, 2.75) is 136 Å². The van der Waals surface area contributed by atoms with Gasteiger partial charge in [-0.3, -0.25) is 4.72 Å². The molecule has 1 amide bonds. The maximum Gasteiger partial charge on any atom is 0.430 e. The van der Waals surface area contributed by atoms with Gasteiger partial charge in [-0.1, -0.05) is 127 Å². The van der Waals surface area contributed by atoms with Crippen LogP contribution < -0.4 is 43.2 Å². The van der Waals surface area contributed by atoms with Gasteiger partial charge in [0.15, 0.2) is 39.5 Å². The van der Waals surface area contributed by atoms with Crippen LogP contribution in [0.15, 0.2) is 149 Å². The third kappa shape index (κ3) is 24.8. The Bertz CT molecular complexity index is 5210. The molecule has 0 saturated heterocycles. The minimum absolute atomic E-state index is 0.0526. The topological polar surface area (TPSA) is 362 Å². The fourth-order valence-corrected chi connectivity index (χ4v) is 13.4. The van der Waals surface area contributed by atoms with Gasteiger partial charge in [0.1, 0.15) is 84.5 Å². The average molecular weight is 1660 g/mol. The molecule has 0 radical (unpaired) electrons. The van der Waals surface area contributed by atoms with Crippen molar-refractivity contribution >= 4 is 94.1 Å². The average Bonchev–Trinajstić information content (AvgIpc) is 1.26. The number of nitrogens with two attached hydrogens (primary N) is 1. The Morgan fingerprint density at radius 3 is 1.37 bits per heavy atom. The van der Waals surface area contributed by atoms with E-state index in [1.807, 2.05) is 113 Å². The van der Waals surface area contributed by atoms with Crippen LogP contribution in [-0.4, -0.2) is 96.0 Å². The number of sulfonamides is 2. The molecule has 32 heteroatoms. The van der Waals surface area contributed by atoms with Crippen LogP contribution in [0.4, 0.5) is 16.5 Å². The molecule has 0 aliphatic rings. The number of ether oxygens (including phenoxy) is 7. The van der Waals surface area contributed by atoms with Crippen LogP contribution in [0.5, 0.6) is 34.5 Å². The van der Waals surface area contributed by atoms with Gasteiger partial charge in [-0.2, -0.15) is 25.1 Å². The molecule has 0 atom stereocenters. The molecule has 0 bridgehead atoms. The number of hydrogen-bond donors (Lipinski definition) is 2. The molecule has 0 saturated carbocycles. The van der Waals surface area contributed by atoms with E-state index >= 15 is 0 Å². The maximum absolute atomic E-state index is 12.5. The lowest BCUT2D eigenvalue weighted by atomic mass is 9.77. The third-order valence-corrected chi connectivity index (χ3v) is 20.5. The standard InChI is InChI=1S/C28H31Cl2N3O7S.C26H29ClN4O4S.C25H27ClN2O5S/c1-27(2,3)40-26(34)33(41(6,35)36)23-16-39-24(32-23)17-38-21-9-7-19(8-10-21)28(4,5)20-13-18(15-31)25(22(30)14-20)37-12-11-29;1-4-11-34-25-18(14-28)12-20(13-23(25)27)26(2,3)19-5-7-22(8-6-19)35-15-21-9-10-30-24(31-21)16-36(32,33)17-29;1-5-12-31-24-17(15-27)13-19(14-22(24)26)25(2,3)18-6-8-20(9-7-18)32-16-21-10-11-23(33-21)28-34(4,29)30/h7-10,13-14,16H,11-12,17H2,1-6H3;5-10,12-13H,4,11,15-17,29H2,1-3H3;6-11,13-14,28H,5,12,16H2,1-4H3. The lowest BCUT2D eigenvalue weighted by molar-refractivity contribution is 0.0608. The molecule has 0 fully saturated rings. The third-order valence-electron chi connectivity index (χ3n) is 16.7. The second-order valence-electron chi connectivity index (χ2n) is 27.7. The monoisotopic (exact) mass is 1650 g/mol. The van der Waals surface area contributed by atoms with E-state index in [1.165, 1.54) is 12.3 Å². The zero-order chi connectivity index (χ0) is 81.9. The van der Waals surface area contributed by atoms with Crippen molar-refractivity contribution in [1.82, 2.24) is 15.0 Å². The van der Waals surface area contributed by atoms with Gasteiger partial charge in [0.2, 0.25) is 31.8 Å². The van der Waals surface area contributed by atoms with E-state index in [0.29, 0.717) is 95.2 Å². The number of amides is 1. The number of furan rings is 1. The second-order valence-corrected chi connectivity index (χ2v) is 34.9. The summed E-state index contributed by atoms with van der Waals surface area (Å²) in [7, 11) is -10.9. The Morgan fingerprint density at radius 2 is 0.982 bits per heavy atom. The van der Waals surface area contributed by atoms with Crippen LogP contribution in [0.1, 0.15) is 162 Å². The molecule has 0 unspecified atom stereocenters. The van der Waals surface area contributed by atoms with E-state index in [9.17, 15) is 45.8 Å². The highest BCUT2D eigenvalue weighted by Crippen LogP contribution is 2.43. The predicted octanol–water partition coefficient (Wildman–Crippen LogP) is 16.8. The largest absolute Gasteiger partial charge is 0.491 e. The lowest BCUT2D eigenvalue weighted by Gasteiger charge is -2.27. The van der Waals surface area contributed by atoms with Crippen molar-refractivity contribution in [3.8, 4) is 52.7 Å². The van der Waals surface area contributed by atoms with Crippen LogP contribution in [0.3, 0.4) is 0 Å². The summed E-state index contributed by atoms with van der Waals surface area (Å²) >= 11 is 25.1. The summed E-state index contributed by atoms with van der Waals surface area (Å²) in [5.41, 5.74) is 10.2. The Labute approximate surface area is 668 Å². The molecular formula is C79H87Cl4N9O16S3. The summed E-state index contributed by atoms with van der Waals surface area (Å²) in [4.78, 5) is 24.8. The van der Waals surface area contributed by atoms with Crippen LogP contribution in [0.25, 0.3) is 0 Å². The SMILES string of the molecule is CC(C)(C)OC(=O)N(c1coc(COc2ccc(C(C)(C)c3cc(Cl)c(OCCCl)c(C#N)c3)cc2)n1)S(C)(=O)=O.CCCOc1c(Cl)cc(C(C)(C)c2ccc(OCc3ccc(NS(C)(=O)=O)o3)cc2)cc1C#N.CCCOc1c(Cl)cc(C(C)(C)c2ccc(OCc3ccnc(CS(=O)(=O)CN)n3)cc2)cc1C#N. The number of nitrogens with zero attached hydrogens (tertiary/aromatic N) is 7. The molecule has 0 aliphatic heterocycles. The molecule has 3 aromatic heterocycles. The summed E-state index contributed by atoms with van der Waals surface area (Å²) < 4.78 is 123. The fraction of sp³-hybridized carbons (Fsp3) is 0.354. The van der Waals surface area contributed by atoms with Crippen molar-refractivity contribution in [2.75, 3.05) is 53.1 Å². The molecular weight excluding hydrogens is 1570 g/mol. The first kappa shape index (κ1) is 88.4. The molecule has 0 aliphatic carbocycles. The molecule has 0 spiro atoms. The van der Waals surface area contributed by atoms with Gasteiger partial charge in [0.05, 0.1) is 74.9 Å². The number of aromatic nitrogens is 3. The smallest absolute Gasteiger partial charge is 0.430 e. The first-order valence-corrected chi connectivity index (χ1v) is 41.7. The number of benzene rings is 6. The highest BCUT2D eigenvalue weighted by Gasteiger charge is 2.34. The van der Waals surface area contributed by atoms with E-state index in [2.05, 4.69) is 65.6 Å². The van der Waals surface area contributed by atoms with Gasteiger partial charge in [-0.15, -0.1) is 11.6 Å². The van der Waals surface area contributed by atoms with Crippen molar-refractivity contribution in [3.63, 3.8) is 0 Å². The van der Waals surface area contributed by atoms with Gasteiger partial charge in [0.25, 0.3) is 0 Å². The Kier molecular flexibility index (Phi) is 30.6. The number of sulfone groups is 1. The number of carbonyl (C=O) groups is 1. The minimum Gasteiger partial charge on any atom is -0.491 e. The first-order chi connectivity index (χ1) is 52.2. The second kappa shape index (κ2) is 38.4. The normalized spacial score (nSPS) is 11.8. The van der Waals surface area contributed by atoms with Gasteiger partial charge in [0, 0.05) is 28.5 Å². The molecule has 3 heterocycles. The quantitative estimate of drug-likeness (QED) is 0.0381. The summed E-state index contributed by atoms with van der Waals surface area (Å²) in [5, 5.41) is 30.0. The number of oxazole rings is 1. The summed E-state index contributed by atoms with van der Waals surface area (Å²) in [6.45, 7) is 22.5. The van der Waals surface area contributed by atoms with Crippen LogP contribution in [-0.2, 0) is 76.4 Å². The number of nitriles is 3. The van der Waals surface area contributed by atoms with E-state index in [0.717, 1.165) is 65.0 Å². The first-order valence-electron chi connectivity index (χ1n) is 34.5. The summed E-state index contributed by atoms with van der Waals surface area (Å²) in [6, 6.07) is 44.7. The molecule has 6 aromatic carbocycles. The van der Waals surface area contributed by atoms with Crippen molar-refractivity contribution in [1.29, 1.82) is 15.8 Å². The van der Waals surface area contributed by atoms with Crippen molar-refractivity contribution < 1.29 is 72.0 Å². The van der Waals surface area contributed by atoms with Crippen LogP contribution in [0, 0.1) is 34.0 Å². The molecule has 9 rings (SSSR count). The van der Waals surface area contributed by atoms with Crippen LogP contribution >= 0.6 is 46.4 Å². The van der Waals surface area contributed by atoms with Gasteiger partial charge in [-0.05, 0) is 152 Å². The fourth-order valence-electron chi connectivity index (χ4n) is 10.7. The molecule has 9 aromatic rings. The molecule has 590 valence electrons. The van der Waals surface area contributed by atoms with E-state index in [1.54, 1.807) is 57.2 Å². The number of anilines is 2.